The molecule has 0 aliphatic heterocycles. The molecule has 0 bridgehead atoms. The Morgan fingerprint density at radius 3 is 2.80 bits per heavy atom. The lowest BCUT2D eigenvalue weighted by Crippen LogP contribution is -2.13. The molecule has 54 valence electrons. The zero-order chi connectivity index (χ0) is 7.56. The second-order valence-corrected chi connectivity index (χ2v) is 2.98. The van der Waals surface area contributed by atoms with Crippen LogP contribution in [0.25, 0.3) is 0 Å². The van der Waals surface area contributed by atoms with E-state index in [0.717, 1.165) is 15.9 Å². The molecule has 4 heteroatoms. The maximum atomic E-state index is 10.8. The van der Waals surface area contributed by atoms with Crippen LogP contribution in [0.5, 0.6) is 0 Å². The Hall–Kier alpha value is -0.410. The fourth-order valence-electron chi connectivity index (χ4n) is 0.614. The summed E-state index contributed by atoms with van der Waals surface area (Å²) >= 11 is 0. The molecule has 0 amide bonds. The molecule has 0 aliphatic rings. The molecule has 0 unspecified atom stereocenters. The summed E-state index contributed by atoms with van der Waals surface area (Å²) in [6.45, 7) is 0. The van der Waals surface area contributed by atoms with Gasteiger partial charge in [-0.05, 0) is 27.7 Å². The van der Waals surface area contributed by atoms with Gasteiger partial charge in [-0.2, -0.15) is 0 Å². The van der Waals surface area contributed by atoms with Crippen molar-refractivity contribution in [2.75, 3.05) is 0 Å². The topological polar surface area (TPSA) is 22.0 Å². The van der Waals surface area contributed by atoms with Gasteiger partial charge in [0.2, 0.25) is 5.56 Å². The van der Waals surface area contributed by atoms with E-state index in [2.05, 4.69) is 0 Å². The fourth-order valence-corrected chi connectivity index (χ4v) is 1.21. The Morgan fingerprint density at radius 2 is 2.30 bits per heavy atom. The maximum Gasteiger partial charge on any atom is 0.250 e. The Kier molecular flexibility index (Phi) is 2.40. The average molecular weight is 176 g/mol. The number of halogens is 1. The van der Waals surface area contributed by atoms with Gasteiger partial charge in [0.1, 0.15) is 0 Å². The lowest BCUT2D eigenvalue weighted by molar-refractivity contribution is 0.841. The van der Waals surface area contributed by atoms with Crippen molar-refractivity contribution in [2.45, 2.75) is 4.90 Å². The second-order valence-electron chi connectivity index (χ2n) is 1.89. The second kappa shape index (κ2) is 3.12. The van der Waals surface area contributed by atoms with E-state index in [1.165, 1.54) is 10.6 Å². The molecular weight excluding hydrogens is 170 g/mol. The number of hydrogen-bond acceptors (Lipinski definition) is 2. The summed E-state index contributed by atoms with van der Waals surface area (Å²) in [7, 11) is 8.25. The molecule has 0 atom stereocenters. The summed E-state index contributed by atoms with van der Waals surface area (Å²) in [5, 5.41) is 0. The van der Waals surface area contributed by atoms with Gasteiger partial charge in [-0.3, -0.25) is 4.79 Å². The number of nitrogens with zero attached hydrogens (tertiary/aromatic N) is 1. The van der Waals surface area contributed by atoms with Crippen LogP contribution in [-0.4, -0.2) is 4.57 Å². The van der Waals surface area contributed by atoms with E-state index in [1.807, 2.05) is 0 Å². The van der Waals surface area contributed by atoms with Crippen molar-refractivity contribution in [3.05, 3.63) is 28.7 Å². The Balaban J connectivity index is 3.17. The van der Waals surface area contributed by atoms with Gasteiger partial charge in [-0.1, -0.05) is 0 Å². The lowest BCUT2D eigenvalue weighted by atomic mass is 10.5. The van der Waals surface area contributed by atoms with Crippen molar-refractivity contribution in [3.8, 4) is 0 Å². The van der Waals surface area contributed by atoms with Gasteiger partial charge in [0.25, 0.3) is 0 Å². The first-order valence-electron chi connectivity index (χ1n) is 2.69. The van der Waals surface area contributed by atoms with Crippen LogP contribution in [0.15, 0.2) is 28.0 Å². The monoisotopic (exact) mass is 175 g/mol. The van der Waals surface area contributed by atoms with Crippen LogP contribution in [-0.2, 0) is 7.05 Å². The standard InChI is InChI=1S/C6H6ClNOS/c1-8-4-5(10-7)2-3-6(8)9/h2-4H,1H3. The molecular formula is C6H6ClNOS. The zero-order valence-corrected chi connectivity index (χ0v) is 6.95. The summed E-state index contributed by atoms with van der Waals surface area (Å²) in [6.07, 6.45) is 1.69. The summed E-state index contributed by atoms with van der Waals surface area (Å²) in [5.41, 5.74) is -0.0190. The highest BCUT2D eigenvalue weighted by Crippen LogP contribution is 2.19. The van der Waals surface area contributed by atoms with Crippen molar-refractivity contribution < 1.29 is 0 Å². The van der Waals surface area contributed by atoms with Gasteiger partial charge >= 0.3 is 0 Å². The third-order valence-electron chi connectivity index (χ3n) is 1.15. The molecule has 0 aliphatic carbocycles. The molecule has 1 heterocycles. The number of rotatable bonds is 1. The normalized spacial score (nSPS) is 9.80. The lowest BCUT2D eigenvalue weighted by Gasteiger charge is -1.96. The quantitative estimate of drug-likeness (QED) is 0.648. The van der Waals surface area contributed by atoms with Crippen LogP contribution in [0.3, 0.4) is 0 Å². The molecule has 1 aromatic rings. The molecule has 0 saturated carbocycles. The van der Waals surface area contributed by atoms with Gasteiger partial charge in [0.15, 0.2) is 0 Å². The van der Waals surface area contributed by atoms with Crippen molar-refractivity contribution in [2.24, 2.45) is 7.05 Å². The first-order chi connectivity index (χ1) is 4.74. The maximum absolute atomic E-state index is 10.8. The summed E-state index contributed by atoms with van der Waals surface area (Å²) < 4.78 is 1.49. The Morgan fingerprint density at radius 1 is 1.60 bits per heavy atom. The van der Waals surface area contributed by atoms with Crippen LogP contribution in [0.1, 0.15) is 0 Å². The number of pyridine rings is 1. The first kappa shape index (κ1) is 7.69. The molecule has 0 spiro atoms. The van der Waals surface area contributed by atoms with Gasteiger partial charge in [0.05, 0.1) is 0 Å². The molecule has 10 heavy (non-hydrogen) atoms. The molecule has 1 aromatic heterocycles. The SMILES string of the molecule is Cn1cc(SCl)ccc1=O. The number of hydrogen-bond donors (Lipinski definition) is 0. The van der Waals surface area contributed by atoms with Crippen LogP contribution >= 0.6 is 21.7 Å². The third kappa shape index (κ3) is 1.55. The Labute approximate surface area is 67.3 Å². The summed E-state index contributed by atoms with van der Waals surface area (Å²) in [5.74, 6) is 0. The zero-order valence-electron chi connectivity index (χ0n) is 5.37. The van der Waals surface area contributed by atoms with Crippen LogP contribution in [0.2, 0.25) is 0 Å². The first-order valence-corrected chi connectivity index (χ1v) is 4.33. The molecule has 2 nitrogen and oxygen atoms in total. The van der Waals surface area contributed by atoms with E-state index in [4.69, 9.17) is 10.7 Å². The highest BCUT2D eigenvalue weighted by Gasteiger charge is 1.92. The summed E-state index contributed by atoms with van der Waals surface area (Å²) in [4.78, 5) is 11.7. The molecule has 0 radical (unpaired) electrons. The predicted molar refractivity (Wildman–Crippen MR) is 43.4 cm³/mol. The van der Waals surface area contributed by atoms with Crippen LogP contribution < -0.4 is 5.56 Å². The minimum atomic E-state index is -0.0190. The molecule has 0 aromatic carbocycles. The molecule has 1 rings (SSSR count). The van der Waals surface area contributed by atoms with Gasteiger partial charge in [-0.25, -0.2) is 0 Å². The van der Waals surface area contributed by atoms with Crippen molar-refractivity contribution >= 4 is 21.7 Å². The van der Waals surface area contributed by atoms with Crippen LogP contribution in [0.4, 0.5) is 0 Å². The highest BCUT2D eigenvalue weighted by molar-refractivity contribution is 8.21. The van der Waals surface area contributed by atoms with E-state index in [9.17, 15) is 4.79 Å². The van der Waals surface area contributed by atoms with Crippen LogP contribution in [0, 0.1) is 0 Å². The Bertz CT molecular complexity index is 283. The highest BCUT2D eigenvalue weighted by atomic mass is 35.7. The van der Waals surface area contributed by atoms with E-state index in [0.29, 0.717) is 0 Å². The van der Waals surface area contributed by atoms with Gasteiger partial charge < -0.3 is 4.57 Å². The average Bonchev–Trinajstić information content (AvgIpc) is 1.95. The predicted octanol–water partition coefficient (Wildman–Crippen LogP) is 1.63. The van der Waals surface area contributed by atoms with E-state index in [-0.39, 0.29) is 5.56 Å². The fraction of sp³-hybridized carbons (Fsp3) is 0.167. The molecule has 0 fully saturated rings. The van der Waals surface area contributed by atoms with Crippen molar-refractivity contribution in [3.63, 3.8) is 0 Å². The smallest absolute Gasteiger partial charge is 0.250 e. The minimum Gasteiger partial charge on any atom is -0.317 e. The minimum absolute atomic E-state index is 0.0190. The summed E-state index contributed by atoms with van der Waals surface area (Å²) in [6, 6.07) is 3.19. The molecule has 0 saturated heterocycles. The third-order valence-corrected chi connectivity index (χ3v) is 2.10. The van der Waals surface area contributed by atoms with Gasteiger partial charge in [-0.15, -0.1) is 0 Å². The van der Waals surface area contributed by atoms with E-state index in [1.54, 1.807) is 19.3 Å². The molecule has 0 N–H and O–H groups in total. The van der Waals surface area contributed by atoms with Gasteiger partial charge in [0, 0.05) is 24.2 Å². The number of aryl methyl sites for hydroxylation is 1. The van der Waals surface area contributed by atoms with E-state index >= 15 is 0 Å². The van der Waals surface area contributed by atoms with E-state index < -0.39 is 0 Å². The largest absolute Gasteiger partial charge is 0.317 e. The number of aromatic nitrogens is 1. The van der Waals surface area contributed by atoms with Crippen molar-refractivity contribution in [1.29, 1.82) is 0 Å². The van der Waals surface area contributed by atoms with Crippen molar-refractivity contribution in [1.82, 2.24) is 4.57 Å².